The number of aromatic nitrogens is 2. The van der Waals surface area contributed by atoms with E-state index < -0.39 is 39.3 Å². The summed E-state index contributed by atoms with van der Waals surface area (Å²) in [6, 6.07) is 3.90. The summed E-state index contributed by atoms with van der Waals surface area (Å²) in [5, 5.41) is 10.2. The second-order valence-electron chi connectivity index (χ2n) is 8.97. The van der Waals surface area contributed by atoms with Crippen molar-refractivity contribution < 1.29 is 27.1 Å². The fourth-order valence-corrected chi connectivity index (χ4v) is 7.47. The molecule has 1 atom stereocenters. The quantitative estimate of drug-likeness (QED) is 0.508. The maximum atomic E-state index is 14.8. The number of rotatable bonds is 4. The highest BCUT2D eigenvalue weighted by Gasteiger charge is 2.35. The summed E-state index contributed by atoms with van der Waals surface area (Å²) in [5.41, 5.74) is 0.387. The Morgan fingerprint density at radius 1 is 1.24 bits per heavy atom. The minimum Gasteiger partial charge on any atom is -0.465 e. The number of benzene rings is 2. The molecule has 1 aromatic heterocycles. The molecule has 5 rings (SSSR count). The van der Waals surface area contributed by atoms with E-state index in [-0.39, 0.29) is 41.8 Å². The molecule has 0 radical (unpaired) electrons. The van der Waals surface area contributed by atoms with E-state index in [4.69, 9.17) is 11.6 Å². The van der Waals surface area contributed by atoms with Gasteiger partial charge >= 0.3 is 11.8 Å². The van der Waals surface area contributed by atoms with Crippen LogP contribution in [0, 0.1) is 11.6 Å². The molecule has 14 heteroatoms. The Morgan fingerprint density at radius 3 is 2.68 bits per heavy atom. The number of halogens is 3. The molecule has 1 saturated heterocycles. The summed E-state index contributed by atoms with van der Waals surface area (Å²) in [7, 11) is -3.51. The van der Waals surface area contributed by atoms with Crippen LogP contribution in [0.25, 0.3) is 22.0 Å². The number of amides is 1. The van der Waals surface area contributed by atoms with Gasteiger partial charge in [0.05, 0.1) is 22.3 Å². The van der Waals surface area contributed by atoms with Crippen molar-refractivity contribution in [2.45, 2.75) is 17.5 Å². The van der Waals surface area contributed by atoms with Crippen molar-refractivity contribution >= 4 is 56.0 Å². The zero-order valence-electron chi connectivity index (χ0n) is 19.4. The number of anilines is 1. The summed E-state index contributed by atoms with van der Waals surface area (Å²) >= 11 is 8.06. The Morgan fingerprint density at radius 2 is 2.00 bits per heavy atom. The molecule has 0 spiro atoms. The molecule has 1 N–H and O–H groups in total. The second kappa shape index (κ2) is 9.44. The smallest absolute Gasteiger partial charge is 0.407 e. The molecule has 2 aliphatic heterocycles. The Balaban J connectivity index is 1.69. The number of thioether (sulfide) groups is 1. The van der Waals surface area contributed by atoms with E-state index in [9.17, 15) is 31.9 Å². The Labute approximate surface area is 219 Å². The Bertz CT molecular complexity index is 1620. The van der Waals surface area contributed by atoms with Crippen molar-refractivity contribution in [1.82, 2.24) is 14.5 Å². The first kappa shape index (κ1) is 25.7. The summed E-state index contributed by atoms with van der Waals surface area (Å²) in [4.78, 5) is 32.4. The highest BCUT2D eigenvalue weighted by atomic mass is 35.5. The van der Waals surface area contributed by atoms with Gasteiger partial charge in [-0.1, -0.05) is 11.6 Å². The van der Waals surface area contributed by atoms with Gasteiger partial charge in [-0.3, -0.25) is 4.57 Å². The number of hydrogen-bond donors (Lipinski definition) is 1. The lowest BCUT2D eigenvalue weighted by molar-refractivity contribution is 0.123. The van der Waals surface area contributed by atoms with Gasteiger partial charge in [0.2, 0.25) is 0 Å². The van der Waals surface area contributed by atoms with Crippen LogP contribution in [0.2, 0.25) is 5.02 Å². The number of piperazine rings is 1. The van der Waals surface area contributed by atoms with E-state index in [0.717, 1.165) is 23.3 Å². The minimum absolute atomic E-state index is 0.000635. The van der Waals surface area contributed by atoms with Gasteiger partial charge in [-0.25, -0.2) is 26.8 Å². The fraction of sp³-hybridized carbons (Fsp3) is 0.348. The van der Waals surface area contributed by atoms with Crippen LogP contribution in [-0.4, -0.2) is 77.5 Å². The number of carboxylic acid groups (broad SMARTS) is 1. The largest absolute Gasteiger partial charge is 0.465 e. The average Bonchev–Trinajstić information content (AvgIpc) is 2.81. The van der Waals surface area contributed by atoms with Crippen LogP contribution in [0.1, 0.15) is 0 Å². The number of aryl methyl sites for hydroxylation is 1. The van der Waals surface area contributed by atoms with Crippen LogP contribution < -0.4 is 10.6 Å². The predicted octanol–water partition coefficient (Wildman–Crippen LogP) is 3.31. The third kappa shape index (κ3) is 4.75. The molecular weight excluding hydrogens is 550 g/mol. The summed E-state index contributed by atoms with van der Waals surface area (Å²) in [6.07, 6.45) is -0.199. The summed E-state index contributed by atoms with van der Waals surface area (Å²) in [6.45, 7) is 0.540. The molecular formula is C23H21ClF2N4O5S2. The average molecular weight is 571 g/mol. The first-order chi connectivity index (χ1) is 17.4. The highest BCUT2D eigenvalue weighted by Crippen LogP contribution is 2.46. The lowest BCUT2D eigenvalue weighted by atomic mass is 10.0. The van der Waals surface area contributed by atoms with Crippen LogP contribution in [0.5, 0.6) is 0 Å². The highest BCUT2D eigenvalue weighted by molar-refractivity contribution is 7.99. The van der Waals surface area contributed by atoms with Crippen LogP contribution in [0.15, 0.2) is 34.0 Å². The fourth-order valence-electron chi connectivity index (χ4n) is 4.92. The molecule has 0 bridgehead atoms. The van der Waals surface area contributed by atoms with Crippen LogP contribution in [-0.2, 0) is 16.4 Å². The standard InChI is InChI=1S/C23H21ClF2N4O5S2/c1-37(34,35)11-13-10-28(4-5-29(13)23(32)33)21-15-9-16(24)18(14-3-2-12(25)8-17(14)26)20-19(15)30(6-7-36-20)22(31)27-21/h2-3,8-9,13H,4-7,10-11H2,1H3,(H,32,33). The molecule has 3 aromatic rings. The van der Waals surface area contributed by atoms with E-state index >= 15 is 0 Å². The molecule has 2 aromatic carbocycles. The van der Waals surface area contributed by atoms with Crippen LogP contribution >= 0.6 is 23.4 Å². The molecule has 0 saturated carbocycles. The van der Waals surface area contributed by atoms with Crippen molar-refractivity contribution in [2.75, 3.05) is 42.3 Å². The van der Waals surface area contributed by atoms with Crippen molar-refractivity contribution in [3.63, 3.8) is 0 Å². The summed E-state index contributed by atoms with van der Waals surface area (Å²) in [5.74, 6) is -1.16. The molecule has 9 nitrogen and oxygen atoms in total. The third-order valence-electron chi connectivity index (χ3n) is 6.44. The molecule has 1 fully saturated rings. The Kier molecular flexibility index (Phi) is 6.57. The van der Waals surface area contributed by atoms with Crippen molar-refractivity contribution in [3.8, 4) is 11.1 Å². The molecule has 1 unspecified atom stereocenters. The molecule has 37 heavy (non-hydrogen) atoms. The number of nitrogens with zero attached hydrogens (tertiary/aromatic N) is 4. The van der Waals surface area contributed by atoms with Crippen molar-refractivity contribution in [3.05, 3.63) is 51.4 Å². The van der Waals surface area contributed by atoms with Crippen molar-refractivity contribution in [2.24, 2.45) is 0 Å². The maximum absolute atomic E-state index is 14.8. The molecule has 2 aliphatic rings. The second-order valence-corrected chi connectivity index (χ2v) is 12.7. The SMILES string of the molecule is CS(=O)(=O)CC1CN(c2nc(=O)n3c4c(c(-c5ccc(F)cc5F)c(Cl)cc24)SCC3)CCN1C(=O)O. The van der Waals surface area contributed by atoms with E-state index in [1.165, 1.54) is 22.4 Å². The number of sulfone groups is 1. The van der Waals surface area contributed by atoms with Gasteiger partial charge in [0.25, 0.3) is 0 Å². The maximum Gasteiger partial charge on any atom is 0.407 e. The lowest BCUT2D eigenvalue weighted by Gasteiger charge is -2.40. The lowest BCUT2D eigenvalue weighted by Crippen LogP contribution is -2.57. The van der Waals surface area contributed by atoms with E-state index in [0.29, 0.717) is 33.7 Å². The predicted molar refractivity (Wildman–Crippen MR) is 138 cm³/mol. The van der Waals surface area contributed by atoms with E-state index in [1.807, 2.05) is 0 Å². The van der Waals surface area contributed by atoms with Gasteiger partial charge in [-0.05, 0) is 18.2 Å². The Hall–Kier alpha value is -2.90. The monoisotopic (exact) mass is 570 g/mol. The van der Waals surface area contributed by atoms with Gasteiger partial charge < -0.3 is 14.9 Å². The van der Waals surface area contributed by atoms with Gasteiger partial charge in [-0.2, -0.15) is 4.98 Å². The number of carbonyl (C=O) groups is 1. The van der Waals surface area contributed by atoms with Gasteiger partial charge in [-0.15, -0.1) is 11.8 Å². The van der Waals surface area contributed by atoms with Gasteiger partial charge in [0, 0.05) is 65.7 Å². The summed E-state index contributed by atoms with van der Waals surface area (Å²) < 4.78 is 53.8. The molecule has 3 heterocycles. The number of hydrogen-bond acceptors (Lipinski definition) is 7. The van der Waals surface area contributed by atoms with Crippen LogP contribution in [0.3, 0.4) is 0 Å². The molecule has 0 aliphatic carbocycles. The van der Waals surface area contributed by atoms with Gasteiger partial charge in [0.15, 0.2) is 0 Å². The first-order valence-corrected chi connectivity index (χ1v) is 14.6. The zero-order valence-corrected chi connectivity index (χ0v) is 21.8. The van der Waals surface area contributed by atoms with Crippen molar-refractivity contribution in [1.29, 1.82) is 0 Å². The normalized spacial score (nSPS) is 17.9. The van der Waals surface area contributed by atoms with E-state index in [1.54, 1.807) is 11.0 Å². The topological polar surface area (TPSA) is 113 Å². The first-order valence-electron chi connectivity index (χ1n) is 11.2. The van der Waals surface area contributed by atoms with Crippen LogP contribution in [0.4, 0.5) is 19.4 Å². The zero-order chi connectivity index (χ0) is 26.6. The third-order valence-corrected chi connectivity index (χ3v) is 8.80. The van der Waals surface area contributed by atoms with Gasteiger partial charge in [0.1, 0.15) is 27.3 Å². The molecule has 196 valence electrons. The minimum atomic E-state index is -3.51. The molecule has 1 amide bonds. The van der Waals surface area contributed by atoms with E-state index in [2.05, 4.69) is 4.98 Å².